The van der Waals surface area contributed by atoms with E-state index in [9.17, 15) is 9.59 Å². The molecule has 23 heavy (non-hydrogen) atoms. The van der Waals surface area contributed by atoms with Crippen LogP contribution in [0.2, 0.25) is 0 Å². The van der Waals surface area contributed by atoms with E-state index in [1.165, 1.54) is 12.3 Å². The van der Waals surface area contributed by atoms with Crippen molar-refractivity contribution in [2.45, 2.75) is 19.9 Å². The summed E-state index contributed by atoms with van der Waals surface area (Å²) in [6, 6.07) is 11.6. The average Bonchev–Trinajstić information content (AvgIpc) is 2.54. The van der Waals surface area contributed by atoms with E-state index in [0.717, 1.165) is 21.3 Å². The topological polar surface area (TPSA) is 76.9 Å². The maximum atomic E-state index is 12.5. The lowest BCUT2D eigenvalue weighted by Gasteiger charge is -2.15. The van der Waals surface area contributed by atoms with Crippen LogP contribution in [0.5, 0.6) is 0 Å². The Bertz CT molecular complexity index is 933. The van der Waals surface area contributed by atoms with E-state index < -0.39 is 6.04 Å². The fourth-order valence-corrected chi connectivity index (χ4v) is 2.42. The number of hydrogen-bond donors (Lipinski definition) is 1. The number of aryl methyl sites for hydroxylation is 1. The van der Waals surface area contributed by atoms with Crippen LogP contribution in [0, 0.1) is 6.92 Å². The van der Waals surface area contributed by atoms with Gasteiger partial charge in [0.15, 0.2) is 0 Å². The minimum atomic E-state index is -0.712. The van der Waals surface area contributed by atoms with Gasteiger partial charge in [0.2, 0.25) is 5.91 Å². The number of carbonyl (C=O) groups excluding carboxylic acids is 1. The maximum absolute atomic E-state index is 12.5. The minimum absolute atomic E-state index is 0.304. The Morgan fingerprint density at radius 3 is 2.78 bits per heavy atom. The first kappa shape index (κ1) is 14.9. The van der Waals surface area contributed by atoms with E-state index in [4.69, 9.17) is 0 Å². The molecule has 6 nitrogen and oxygen atoms in total. The van der Waals surface area contributed by atoms with Gasteiger partial charge in [-0.15, -0.1) is 0 Å². The third-order valence-corrected chi connectivity index (χ3v) is 3.59. The third-order valence-electron chi connectivity index (χ3n) is 3.59. The number of pyridine rings is 1. The zero-order valence-electron chi connectivity index (χ0n) is 12.9. The second-order valence-electron chi connectivity index (χ2n) is 5.30. The van der Waals surface area contributed by atoms with Crippen molar-refractivity contribution in [1.82, 2.24) is 14.8 Å². The van der Waals surface area contributed by atoms with Gasteiger partial charge in [0.1, 0.15) is 6.04 Å². The number of anilines is 1. The predicted octanol–water partition coefficient (Wildman–Crippen LogP) is 2.30. The van der Waals surface area contributed by atoms with E-state index >= 15 is 0 Å². The van der Waals surface area contributed by atoms with Crippen molar-refractivity contribution in [1.29, 1.82) is 0 Å². The van der Waals surface area contributed by atoms with Crippen molar-refractivity contribution >= 4 is 22.5 Å². The van der Waals surface area contributed by atoms with Crippen molar-refractivity contribution < 1.29 is 4.79 Å². The lowest BCUT2D eigenvalue weighted by molar-refractivity contribution is -0.119. The van der Waals surface area contributed by atoms with Gasteiger partial charge in [-0.3, -0.25) is 14.6 Å². The monoisotopic (exact) mass is 308 g/mol. The van der Waals surface area contributed by atoms with E-state index in [2.05, 4.69) is 15.4 Å². The van der Waals surface area contributed by atoms with Gasteiger partial charge in [-0.25, -0.2) is 4.68 Å². The molecule has 0 aliphatic heterocycles. The molecule has 3 rings (SSSR count). The number of fused-ring (bicyclic) bond motifs is 1. The Morgan fingerprint density at radius 2 is 2.00 bits per heavy atom. The molecule has 2 heterocycles. The molecule has 0 aliphatic rings. The minimum Gasteiger partial charge on any atom is -0.324 e. The van der Waals surface area contributed by atoms with Crippen LogP contribution in [0.4, 0.5) is 5.69 Å². The first-order valence-electron chi connectivity index (χ1n) is 7.27. The average molecular weight is 308 g/mol. The van der Waals surface area contributed by atoms with Crippen molar-refractivity contribution in [2.24, 2.45) is 0 Å². The molecule has 0 fully saturated rings. The number of benzene rings is 1. The van der Waals surface area contributed by atoms with Gasteiger partial charge in [0.25, 0.3) is 5.56 Å². The van der Waals surface area contributed by atoms with Gasteiger partial charge in [0.05, 0.1) is 11.2 Å². The molecule has 6 heteroatoms. The van der Waals surface area contributed by atoms with Gasteiger partial charge in [-0.2, -0.15) is 5.10 Å². The summed E-state index contributed by atoms with van der Waals surface area (Å²) in [7, 11) is 0. The molecule has 2 aromatic heterocycles. The van der Waals surface area contributed by atoms with E-state index in [1.807, 2.05) is 37.3 Å². The van der Waals surface area contributed by atoms with Crippen LogP contribution in [0.3, 0.4) is 0 Å². The first-order valence-corrected chi connectivity index (χ1v) is 7.27. The number of amides is 1. The van der Waals surface area contributed by atoms with Gasteiger partial charge < -0.3 is 5.32 Å². The van der Waals surface area contributed by atoms with Gasteiger partial charge in [-0.05, 0) is 32.0 Å². The summed E-state index contributed by atoms with van der Waals surface area (Å²) in [6.07, 6.45) is 1.48. The lowest BCUT2D eigenvalue weighted by Crippen LogP contribution is -2.32. The third kappa shape index (κ3) is 2.96. The zero-order chi connectivity index (χ0) is 16.4. The summed E-state index contributed by atoms with van der Waals surface area (Å²) in [4.78, 5) is 28.7. The molecule has 1 aromatic carbocycles. The zero-order valence-corrected chi connectivity index (χ0v) is 12.9. The predicted molar refractivity (Wildman–Crippen MR) is 88.3 cm³/mol. The summed E-state index contributed by atoms with van der Waals surface area (Å²) in [5, 5.41) is 7.68. The van der Waals surface area contributed by atoms with E-state index in [1.54, 1.807) is 13.0 Å². The molecule has 116 valence electrons. The van der Waals surface area contributed by atoms with Crippen molar-refractivity contribution in [3.05, 3.63) is 64.7 Å². The molecule has 1 N–H and O–H groups in total. The van der Waals surface area contributed by atoms with Crippen LogP contribution < -0.4 is 10.9 Å². The van der Waals surface area contributed by atoms with E-state index in [-0.39, 0.29) is 11.5 Å². The summed E-state index contributed by atoms with van der Waals surface area (Å²) < 4.78 is 1.16. The molecule has 0 aliphatic carbocycles. The molecule has 1 unspecified atom stereocenters. The van der Waals surface area contributed by atoms with Gasteiger partial charge >= 0.3 is 0 Å². The van der Waals surface area contributed by atoms with Crippen LogP contribution in [-0.4, -0.2) is 20.7 Å². The maximum Gasteiger partial charge on any atom is 0.267 e. The molecule has 0 saturated heterocycles. The Kier molecular flexibility index (Phi) is 3.89. The fraction of sp³-hybridized carbons (Fsp3) is 0.176. The molecule has 0 spiro atoms. The largest absolute Gasteiger partial charge is 0.324 e. The second-order valence-corrected chi connectivity index (χ2v) is 5.30. The second kappa shape index (κ2) is 6.00. The molecule has 0 bridgehead atoms. The number of carbonyl (C=O) groups is 1. The molecule has 0 radical (unpaired) electrons. The molecular weight excluding hydrogens is 292 g/mol. The smallest absolute Gasteiger partial charge is 0.267 e. The lowest BCUT2D eigenvalue weighted by atomic mass is 10.1. The highest BCUT2D eigenvalue weighted by molar-refractivity contribution is 6.02. The van der Waals surface area contributed by atoms with Crippen LogP contribution in [0.1, 0.15) is 18.7 Å². The van der Waals surface area contributed by atoms with Gasteiger partial charge in [0, 0.05) is 23.3 Å². The van der Waals surface area contributed by atoms with Crippen LogP contribution in [0.15, 0.2) is 53.5 Å². The normalized spacial score (nSPS) is 12.1. The summed E-state index contributed by atoms with van der Waals surface area (Å²) in [5.74, 6) is -0.304. The number of nitrogens with zero attached hydrogens (tertiary/aromatic N) is 3. The quantitative estimate of drug-likeness (QED) is 0.805. The van der Waals surface area contributed by atoms with Crippen LogP contribution in [0.25, 0.3) is 10.9 Å². The summed E-state index contributed by atoms with van der Waals surface area (Å²) in [6.45, 7) is 3.51. The van der Waals surface area contributed by atoms with Crippen molar-refractivity contribution in [2.75, 3.05) is 5.32 Å². The molecule has 3 aromatic rings. The highest BCUT2D eigenvalue weighted by atomic mass is 16.2. The fourth-order valence-electron chi connectivity index (χ4n) is 2.42. The standard InChI is InChI=1S/C17H16N4O2/c1-11-10-15(13-6-3-4-7-14(13)19-11)20-17(23)12(2)21-16(22)8-5-9-18-21/h3-10,12H,1-2H3,(H,19,20,23). The Labute approximate surface area is 132 Å². The highest BCUT2D eigenvalue weighted by Gasteiger charge is 2.18. The molecular formula is C17H16N4O2. The van der Waals surface area contributed by atoms with Gasteiger partial charge in [-0.1, -0.05) is 18.2 Å². The number of para-hydroxylation sites is 1. The Balaban J connectivity index is 1.94. The van der Waals surface area contributed by atoms with Crippen molar-refractivity contribution in [3.8, 4) is 0 Å². The Hall–Kier alpha value is -3.02. The molecule has 1 atom stereocenters. The molecule has 0 saturated carbocycles. The number of aromatic nitrogens is 3. The van der Waals surface area contributed by atoms with Crippen LogP contribution >= 0.6 is 0 Å². The number of rotatable bonds is 3. The summed E-state index contributed by atoms with van der Waals surface area (Å²) >= 11 is 0. The number of nitrogens with one attached hydrogen (secondary N) is 1. The highest BCUT2D eigenvalue weighted by Crippen LogP contribution is 2.23. The van der Waals surface area contributed by atoms with E-state index in [0.29, 0.717) is 5.69 Å². The SMILES string of the molecule is Cc1cc(NC(=O)C(C)n2ncccc2=O)c2ccccc2n1. The van der Waals surface area contributed by atoms with Crippen LogP contribution in [-0.2, 0) is 4.79 Å². The number of hydrogen-bond acceptors (Lipinski definition) is 4. The summed E-state index contributed by atoms with van der Waals surface area (Å²) in [5.41, 5.74) is 1.98. The molecule has 1 amide bonds. The van der Waals surface area contributed by atoms with Crippen molar-refractivity contribution in [3.63, 3.8) is 0 Å². The first-order chi connectivity index (χ1) is 11.1. The Morgan fingerprint density at radius 1 is 1.22 bits per heavy atom.